The zero-order valence-electron chi connectivity index (χ0n) is 20.2. The molecule has 2 aromatic carbocycles. The van der Waals surface area contributed by atoms with E-state index in [4.69, 9.17) is 0 Å². The van der Waals surface area contributed by atoms with Gasteiger partial charge in [0.2, 0.25) is 15.9 Å². The fraction of sp³-hybridized carbons (Fsp3) is 0.480. The highest BCUT2D eigenvalue weighted by atomic mass is 32.2. The lowest BCUT2D eigenvalue weighted by Crippen LogP contribution is -2.51. The van der Waals surface area contributed by atoms with Crippen molar-refractivity contribution in [1.29, 1.82) is 0 Å². The highest BCUT2D eigenvalue weighted by Crippen LogP contribution is 2.33. The molecule has 0 saturated carbocycles. The van der Waals surface area contributed by atoms with Crippen LogP contribution in [-0.2, 0) is 21.0 Å². The Hall–Kier alpha value is -2.59. The van der Waals surface area contributed by atoms with Gasteiger partial charge in [-0.15, -0.1) is 0 Å². The van der Waals surface area contributed by atoms with Gasteiger partial charge in [-0.3, -0.25) is 4.79 Å². The number of para-hydroxylation sites is 1. The number of anilines is 1. The summed E-state index contributed by atoms with van der Waals surface area (Å²) in [6.07, 6.45) is -3.47. The van der Waals surface area contributed by atoms with Gasteiger partial charge in [-0.25, -0.2) is 8.42 Å². The van der Waals surface area contributed by atoms with Gasteiger partial charge in [0.25, 0.3) is 0 Å². The third-order valence-electron chi connectivity index (χ3n) is 6.22. The SMILES string of the molecule is Cc1ccccc1NCCC(=O)N1CCC(N(C(C)C)S(=O)(=O)c2cccc(C(F)(F)F)c2)CC1. The van der Waals surface area contributed by atoms with Crippen molar-refractivity contribution in [3.8, 4) is 0 Å². The van der Waals surface area contributed by atoms with Gasteiger partial charge >= 0.3 is 6.18 Å². The molecule has 1 heterocycles. The molecule has 0 atom stereocenters. The smallest absolute Gasteiger partial charge is 0.384 e. The molecule has 1 aliphatic heterocycles. The van der Waals surface area contributed by atoms with Crippen molar-refractivity contribution in [2.24, 2.45) is 0 Å². The fourth-order valence-corrected chi connectivity index (χ4v) is 6.38. The van der Waals surface area contributed by atoms with Crippen LogP contribution in [0.3, 0.4) is 0 Å². The Labute approximate surface area is 205 Å². The molecule has 0 radical (unpaired) electrons. The second kappa shape index (κ2) is 11.0. The van der Waals surface area contributed by atoms with Gasteiger partial charge in [-0.1, -0.05) is 24.3 Å². The zero-order chi connectivity index (χ0) is 25.8. The summed E-state index contributed by atoms with van der Waals surface area (Å²) in [4.78, 5) is 14.0. The lowest BCUT2D eigenvalue weighted by molar-refractivity contribution is -0.137. The molecule has 2 aromatic rings. The quantitative estimate of drug-likeness (QED) is 0.547. The van der Waals surface area contributed by atoms with Crippen LogP contribution in [0.2, 0.25) is 0 Å². The van der Waals surface area contributed by atoms with Crippen molar-refractivity contribution in [2.45, 2.75) is 63.2 Å². The Balaban J connectivity index is 1.63. The molecule has 0 spiro atoms. The minimum absolute atomic E-state index is 0.0126. The second-order valence-corrected chi connectivity index (χ2v) is 10.9. The lowest BCUT2D eigenvalue weighted by atomic mass is 10.0. The van der Waals surface area contributed by atoms with E-state index in [0.29, 0.717) is 45.0 Å². The van der Waals surface area contributed by atoms with Crippen molar-refractivity contribution in [3.63, 3.8) is 0 Å². The molecular weight excluding hydrogens is 479 g/mol. The van der Waals surface area contributed by atoms with E-state index in [0.717, 1.165) is 23.4 Å². The first-order chi connectivity index (χ1) is 16.4. The summed E-state index contributed by atoms with van der Waals surface area (Å²) in [5.41, 5.74) is 1.07. The molecule has 0 aliphatic carbocycles. The van der Waals surface area contributed by atoms with Crippen molar-refractivity contribution < 1.29 is 26.4 Å². The summed E-state index contributed by atoms with van der Waals surface area (Å²) < 4.78 is 67.4. The first-order valence-electron chi connectivity index (χ1n) is 11.7. The van der Waals surface area contributed by atoms with Crippen LogP contribution < -0.4 is 5.32 Å². The topological polar surface area (TPSA) is 69.7 Å². The maximum atomic E-state index is 13.3. The Bertz CT molecular complexity index is 1130. The summed E-state index contributed by atoms with van der Waals surface area (Å²) in [6.45, 7) is 6.69. The average molecular weight is 512 g/mol. The highest BCUT2D eigenvalue weighted by Gasteiger charge is 2.38. The number of hydrogen-bond acceptors (Lipinski definition) is 4. The number of nitrogens with one attached hydrogen (secondary N) is 1. The Morgan fingerprint density at radius 1 is 1.11 bits per heavy atom. The van der Waals surface area contributed by atoms with Crippen LogP contribution in [0.25, 0.3) is 0 Å². The van der Waals surface area contributed by atoms with E-state index in [1.807, 2.05) is 31.2 Å². The lowest BCUT2D eigenvalue weighted by Gasteiger charge is -2.39. The molecular formula is C25H32F3N3O3S. The van der Waals surface area contributed by atoms with Crippen LogP contribution in [0.5, 0.6) is 0 Å². The standard InChI is InChI=1S/C25H32F3N3O3S/c1-18(2)31(35(33,34)22-9-6-8-20(17-22)25(26,27)28)21-12-15-30(16-13-21)24(32)11-14-29-23-10-5-4-7-19(23)3/h4-10,17-18,21,29H,11-16H2,1-3H3. The van der Waals surface area contributed by atoms with Gasteiger partial charge in [-0.05, 0) is 63.4 Å². The third-order valence-corrected chi connectivity index (χ3v) is 8.35. The molecule has 0 bridgehead atoms. The number of amides is 1. The van der Waals surface area contributed by atoms with E-state index in [1.165, 1.54) is 10.4 Å². The number of nitrogens with zero attached hydrogens (tertiary/aromatic N) is 2. The molecule has 6 nitrogen and oxygen atoms in total. The second-order valence-electron chi connectivity index (χ2n) is 9.06. The van der Waals surface area contributed by atoms with E-state index in [-0.39, 0.29) is 10.8 Å². The number of sulfonamides is 1. The monoisotopic (exact) mass is 511 g/mol. The van der Waals surface area contributed by atoms with Gasteiger partial charge in [-0.2, -0.15) is 17.5 Å². The first-order valence-corrected chi connectivity index (χ1v) is 13.1. The number of likely N-dealkylation sites (tertiary alicyclic amines) is 1. The Morgan fingerprint density at radius 2 is 1.77 bits per heavy atom. The number of carbonyl (C=O) groups excluding carboxylic acids is 1. The minimum atomic E-state index is -4.63. The van der Waals surface area contributed by atoms with E-state index in [1.54, 1.807) is 18.7 Å². The maximum absolute atomic E-state index is 13.3. The van der Waals surface area contributed by atoms with Crippen molar-refractivity contribution in [2.75, 3.05) is 25.0 Å². The van der Waals surface area contributed by atoms with E-state index in [9.17, 15) is 26.4 Å². The minimum Gasteiger partial charge on any atom is -0.384 e. The first kappa shape index (κ1) is 27.0. The maximum Gasteiger partial charge on any atom is 0.416 e. The van der Waals surface area contributed by atoms with E-state index >= 15 is 0 Å². The Kier molecular flexibility index (Phi) is 8.48. The summed E-state index contributed by atoms with van der Waals surface area (Å²) in [5, 5.41) is 3.26. The Morgan fingerprint density at radius 3 is 2.37 bits per heavy atom. The number of piperidine rings is 1. The molecule has 1 saturated heterocycles. The summed E-state index contributed by atoms with van der Waals surface area (Å²) in [6, 6.07) is 10.8. The largest absolute Gasteiger partial charge is 0.416 e. The molecule has 1 fully saturated rings. The van der Waals surface area contributed by atoms with Crippen LogP contribution in [0.15, 0.2) is 53.4 Å². The molecule has 35 heavy (non-hydrogen) atoms. The molecule has 10 heteroatoms. The molecule has 1 aliphatic rings. The van der Waals surface area contributed by atoms with Crippen LogP contribution in [0.4, 0.5) is 18.9 Å². The molecule has 1 amide bonds. The van der Waals surface area contributed by atoms with Gasteiger partial charge in [0.05, 0.1) is 10.5 Å². The summed E-state index contributed by atoms with van der Waals surface area (Å²) in [7, 11) is -4.15. The van der Waals surface area contributed by atoms with Crippen molar-refractivity contribution in [1.82, 2.24) is 9.21 Å². The summed E-state index contributed by atoms with van der Waals surface area (Å²) >= 11 is 0. The van der Waals surface area contributed by atoms with Gasteiger partial charge in [0.15, 0.2) is 0 Å². The number of aryl methyl sites for hydroxylation is 1. The third kappa shape index (κ3) is 6.55. The zero-order valence-corrected chi connectivity index (χ0v) is 21.0. The predicted molar refractivity (Wildman–Crippen MR) is 129 cm³/mol. The van der Waals surface area contributed by atoms with Crippen LogP contribution in [0, 0.1) is 6.92 Å². The molecule has 0 unspecified atom stereocenters. The van der Waals surface area contributed by atoms with Crippen molar-refractivity contribution in [3.05, 3.63) is 59.7 Å². The summed E-state index contributed by atoms with van der Waals surface area (Å²) in [5.74, 6) is -0.0126. The normalized spacial score (nSPS) is 15.6. The van der Waals surface area contributed by atoms with Gasteiger partial charge < -0.3 is 10.2 Å². The fourth-order valence-electron chi connectivity index (χ4n) is 4.45. The van der Waals surface area contributed by atoms with Crippen molar-refractivity contribution >= 4 is 21.6 Å². The molecule has 0 aromatic heterocycles. The van der Waals surface area contributed by atoms with Crippen LogP contribution >= 0.6 is 0 Å². The number of alkyl halides is 3. The highest BCUT2D eigenvalue weighted by molar-refractivity contribution is 7.89. The average Bonchev–Trinajstić information content (AvgIpc) is 2.80. The van der Waals surface area contributed by atoms with Crippen LogP contribution in [0.1, 0.15) is 44.2 Å². The number of carbonyl (C=O) groups is 1. The number of halogens is 3. The van der Waals surface area contributed by atoms with Gasteiger partial charge in [0.1, 0.15) is 0 Å². The van der Waals surface area contributed by atoms with Crippen LogP contribution in [-0.4, -0.2) is 55.2 Å². The number of rotatable bonds is 8. The number of benzene rings is 2. The molecule has 192 valence electrons. The molecule has 3 rings (SSSR count). The van der Waals surface area contributed by atoms with Gasteiger partial charge in [0, 0.05) is 43.8 Å². The van der Waals surface area contributed by atoms with E-state index in [2.05, 4.69) is 5.32 Å². The predicted octanol–water partition coefficient (Wildman–Crippen LogP) is 4.91. The molecule has 1 N–H and O–H groups in total. The van der Waals surface area contributed by atoms with E-state index < -0.39 is 33.8 Å². The number of hydrogen-bond donors (Lipinski definition) is 1.